The summed E-state index contributed by atoms with van der Waals surface area (Å²) in [6.07, 6.45) is 6.41. The molecule has 1 saturated heterocycles. The van der Waals surface area contributed by atoms with E-state index in [0.717, 1.165) is 45.0 Å². The first kappa shape index (κ1) is 17.4. The minimum absolute atomic E-state index is 0.181. The van der Waals surface area contributed by atoms with Gasteiger partial charge in [0.1, 0.15) is 0 Å². The quantitative estimate of drug-likeness (QED) is 0.633. The third-order valence-corrected chi connectivity index (χ3v) is 4.34. The molecule has 118 valence electrons. The molecule has 0 saturated carbocycles. The van der Waals surface area contributed by atoms with Crippen LogP contribution < -0.4 is 10.0 Å². The van der Waals surface area contributed by atoms with Gasteiger partial charge in [-0.05, 0) is 45.7 Å². The highest BCUT2D eigenvalue weighted by molar-refractivity contribution is 7.88. The molecule has 0 aromatic carbocycles. The van der Waals surface area contributed by atoms with Crippen molar-refractivity contribution in [3.8, 4) is 0 Å². The highest BCUT2D eigenvalue weighted by atomic mass is 32.2. The summed E-state index contributed by atoms with van der Waals surface area (Å²) in [6, 6.07) is 0.181. The fourth-order valence-corrected chi connectivity index (χ4v) is 3.09. The lowest BCUT2D eigenvalue weighted by Gasteiger charge is -2.36. The van der Waals surface area contributed by atoms with E-state index >= 15 is 0 Å². The van der Waals surface area contributed by atoms with E-state index in [1.165, 1.54) is 0 Å². The highest BCUT2D eigenvalue weighted by Gasteiger charge is 2.25. The predicted octanol–water partition coefficient (Wildman–Crippen LogP) is 0.306. The Kier molecular flexibility index (Phi) is 7.47. The number of carbonyl (C=O) groups excluding carboxylic acids is 1. The molecule has 6 nitrogen and oxygen atoms in total. The van der Waals surface area contributed by atoms with Crippen LogP contribution in [-0.2, 0) is 14.8 Å². The molecule has 7 heteroatoms. The number of carbonyl (C=O) groups is 1. The Morgan fingerprint density at radius 3 is 2.70 bits per heavy atom. The van der Waals surface area contributed by atoms with Crippen LogP contribution in [0.15, 0.2) is 0 Å². The summed E-state index contributed by atoms with van der Waals surface area (Å²) >= 11 is 0. The number of hydrogen-bond acceptors (Lipinski definition) is 4. The molecular weight excluding hydrogens is 278 g/mol. The zero-order valence-corrected chi connectivity index (χ0v) is 13.3. The maximum Gasteiger partial charge on any atom is 0.222 e. The third-order valence-electron chi connectivity index (χ3n) is 3.61. The van der Waals surface area contributed by atoms with Crippen molar-refractivity contribution >= 4 is 15.9 Å². The van der Waals surface area contributed by atoms with E-state index in [1.807, 2.05) is 11.9 Å². The van der Waals surface area contributed by atoms with Crippen LogP contribution >= 0.6 is 0 Å². The summed E-state index contributed by atoms with van der Waals surface area (Å²) in [4.78, 5) is 14.2. The van der Waals surface area contributed by atoms with Crippen LogP contribution in [0.2, 0.25) is 0 Å². The first-order valence-corrected chi connectivity index (χ1v) is 9.22. The van der Waals surface area contributed by atoms with Crippen molar-refractivity contribution in [3.63, 3.8) is 0 Å². The van der Waals surface area contributed by atoms with Crippen LogP contribution in [0.5, 0.6) is 0 Å². The minimum atomic E-state index is -3.14. The Bertz CT molecular complexity index is 398. The lowest BCUT2D eigenvalue weighted by Crippen LogP contribution is -2.45. The number of hydrogen-bond donors (Lipinski definition) is 2. The number of rotatable bonds is 8. The monoisotopic (exact) mass is 305 g/mol. The van der Waals surface area contributed by atoms with Crippen LogP contribution in [0.4, 0.5) is 0 Å². The molecule has 2 N–H and O–H groups in total. The molecule has 0 aliphatic carbocycles. The van der Waals surface area contributed by atoms with Crippen LogP contribution in [0.25, 0.3) is 0 Å². The molecule has 1 rings (SSSR count). The van der Waals surface area contributed by atoms with E-state index in [0.29, 0.717) is 19.4 Å². The van der Waals surface area contributed by atoms with Gasteiger partial charge in [0, 0.05) is 25.6 Å². The Morgan fingerprint density at radius 2 is 2.05 bits per heavy atom. The smallest absolute Gasteiger partial charge is 0.222 e. The van der Waals surface area contributed by atoms with Gasteiger partial charge in [0.2, 0.25) is 15.9 Å². The van der Waals surface area contributed by atoms with Gasteiger partial charge in [-0.15, -0.1) is 0 Å². The molecule has 1 amide bonds. The molecule has 0 aromatic rings. The lowest BCUT2D eigenvalue weighted by atomic mass is 9.98. The van der Waals surface area contributed by atoms with Crippen molar-refractivity contribution in [2.45, 2.75) is 44.6 Å². The van der Waals surface area contributed by atoms with Gasteiger partial charge in [-0.25, -0.2) is 13.1 Å². The zero-order chi connectivity index (χ0) is 15.0. The normalized spacial score (nSPS) is 20.1. The van der Waals surface area contributed by atoms with Crippen molar-refractivity contribution < 1.29 is 13.2 Å². The van der Waals surface area contributed by atoms with Crippen LogP contribution in [0.1, 0.15) is 38.5 Å². The van der Waals surface area contributed by atoms with E-state index in [-0.39, 0.29) is 11.9 Å². The molecule has 1 heterocycles. The molecule has 1 fully saturated rings. The predicted molar refractivity (Wildman–Crippen MR) is 80.0 cm³/mol. The van der Waals surface area contributed by atoms with Gasteiger partial charge in [0.05, 0.1) is 6.26 Å². The highest BCUT2D eigenvalue weighted by Crippen LogP contribution is 2.20. The standard InChI is InChI=1S/C13H27N3O3S/c1-14-9-5-7-13(17)16-11-4-3-6-12(16)8-10-15-20(2,18)19/h12,14-15H,3-11H2,1-2H3. The summed E-state index contributed by atoms with van der Waals surface area (Å²) in [5, 5.41) is 3.04. The number of sulfonamides is 1. The van der Waals surface area contributed by atoms with E-state index in [4.69, 9.17) is 0 Å². The van der Waals surface area contributed by atoms with Crippen molar-refractivity contribution in [2.75, 3.05) is 32.9 Å². The Morgan fingerprint density at radius 1 is 1.30 bits per heavy atom. The number of piperidine rings is 1. The lowest BCUT2D eigenvalue weighted by molar-refractivity contribution is -0.135. The molecule has 1 aliphatic rings. The first-order valence-electron chi connectivity index (χ1n) is 7.33. The second kappa shape index (κ2) is 8.59. The van der Waals surface area contributed by atoms with Gasteiger partial charge in [-0.3, -0.25) is 4.79 Å². The zero-order valence-electron chi connectivity index (χ0n) is 12.5. The van der Waals surface area contributed by atoms with Crippen LogP contribution in [0.3, 0.4) is 0 Å². The summed E-state index contributed by atoms with van der Waals surface area (Å²) < 4.78 is 24.6. The Labute approximate surface area is 122 Å². The van der Waals surface area contributed by atoms with Crippen molar-refractivity contribution in [1.82, 2.24) is 14.9 Å². The van der Waals surface area contributed by atoms with Crippen LogP contribution in [0, 0.1) is 0 Å². The van der Waals surface area contributed by atoms with Gasteiger partial charge in [0.15, 0.2) is 0 Å². The third kappa shape index (κ3) is 6.67. The fourth-order valence-electron chi connectivity index (χ4n) is 2.60. The summed E-state index contributed by atoms with van der Waals surface area (Å²) in [6.45, 7) is 2.06. The first-order chi connectivity index (χ1) is 9.44. The average molecular weight is 305 g/mol. The van der Waals surface area contributed by atoms with Gasteiger partial charge in [0.25, 0.3) is 0 Å². The van der Waals surface area contributed by atoms with Gasteiger partial charge < -0.3 is 10.2 Å². The van der Waals surface area contributed by atoms with E-state index in [1.54, 1.807) is 0 Å². The maximum absolute atomic E-state index is 12.2. The van der Waals surface area contributed by atoms with Crippen molar-refractivity contribution in [1.29, 1.82) is 0 Å². The molecular formula is C13H27N3O3S. The number of likely N-dealkylation sites (tertiary alicyclic amines) is 1. The fraction of sp³-hybridized carbons (Fsp3) is 0.923. The van der Waals surface area contributed by atoms with Gasteiger partial charge >= 0.3 is 0 Å². The molecule has 0 radical (unpaired) electrons. The molecule has 1 unspecified atom stereocenters. The van der Waals surface area contributed by atoms with E-state index < -0.39 is 10.0 Å². The van der Waals surface area contributed by atoms with Gasteiger partial charge in [-0.2, -0.15) is 0 Å². The Balaban J connectivity index is 2.42. The summed E-state index contributed by atoms with van der Waals surface area (Å²) in [7, 11) is -1.26. The molecule has 0 aromatic heterocycles. The maximum atomic E-state index is 12.2. The second-order valence-corrected chi connectivity index (χ2v) is 7.23. The van der Waals surface area contributed by atoms with E-state index in [9.17, 15) is 13.2 Å². The molecule has 0 bridgehead atoms. The van der Waals surface area contributed by atoms with Gasteiger partial charge in [-0.1, -0.05) is 0 Å². The van der Waals surface area contributed by atoms with Crippen molar-refractivity contribution in [3.05, 3.63) is 0 Å². The molecule has 1 atom stereocenters. The summed E-state index contributed by atoms with van der Waals surface area (Å²) in [5.41, 5.74) is 0. The average Bonchev–Trinajstić information content (AvgIpc) is 2.38. The molecule has 0 spiro atoms. The number of nitrogens with zero attached hydrogens (tertiary/aromatic N) is 1. The number of nitrogens with one attached hydrogen (secondary N) is 2. The topological polar surface area (TPSA) is 78.5 Å². The molecule has 1 aliphatic heterocycles. The SMILES string of the molecule is CNCCCC(=O)N1CCCCC1CCNS(C)(=O)=O. The Hall–Kier alpha value is -0.660. The second-order valence-electron chi connectivity index (χ2n) is 5.40. The summed E-state index contributed by atoms with van der Waals surface area (Å²) in [5.74, 6) is 0.198. The van der Waals surface area contributed by atoms with Crippen LogP contribution in [-0.4, -0.2) is 58.2 Å². The number of amides is 1. The van der Waals surface area contributed by atoms with Crippen molar-refractivity contribution in [2.24, 2.45) is 0 Å². The molecule has 20 heavy (non-hydrogen) atoms. The van der Waals surface area contributed by atoms with E-state index in [2.05, 4.69) is 10.0 Å². The minimum Gasteiger partial charge on any atom is -0.340 e. The largest absolute Gasteiger partial charge is 0.340 e.